The summed E-state index contributed by atoms with van der Waals surface area (Å²) in [5.41, 5.74) is 1.69. The summed E-state index contributed by atoms with van der Waals surface area (Å²) in [5, 5.41) is 7.47. The molecular formula is C15H12ClN3O. The third-order valence-electron chi connectivity index (χ3n) is 2.95. The maximum Gasteiger partial charge on any atom is 0.271 e. The fourth-order valence-corrected chi connectivity index (χ4v) is 2.08. The minimum Gasteiger partial charge on any atom is -0.362 e. The molecule has 3 N–H and O–H groups in total. The number of hydrogen-bond donors (Lipinski definition) is 3. The van der Waals surface area contributed by atoms with Gasteiger partial charge in [-0.2, -0.15) is 0 Å². The lowest BCUT2D eigenvalue weighted by Gasteiger charge is -1.92. The van der Waals surface area contributed by atoms with Crippen LogP contribution in [0.5, 0.6) is 0 Å². The highest BCUT2D eigenvalue weighted by Crippen LogP contribution is 2.09. The Morgan fingerprint density at radius 1 is 1.00 bits per heavy atom. The minimum absolute atomic E-state index is 0.153. The molecule has 0 aliphatic carbocycles. The molecule has 0 aliphatic heterocycles. The van der Waals surface area contributed by atoms with E-state index in [4.69, 9.17) is 11.6 Å². The molecule has 5 heteroatoms. The lowest BCUT2D eigenvalue weighted by molar-refractivity contribution is 1.03. The number of H-pyrrole nitrogens is 3. The Balaban J connectivity index is 2.16. The molecule has 2 aromatic heterocycles. The van der Waals surface area contributed by atoms with Crippen LogP contribution in [0.4, 0.5) is 0 Å². The summed E-state index contributed by atoms with van der Waals surface area (Å²) in [4.78, 5) is 14.9. The van der Waals surface area contributed by atoms with E-state index >= 15 is 0 Å². The smallest absolute Gasteiger partial charge is 0.271 e. The maximum atomic E-state index is 11.8. The first kappa shape index (κ1) is 12.6. The van der Waals surface area contributed by atoms with Gasteiger partial charge in [0.25, 0.3) is 5.56 Å². The Labute approximate surface area is 119 Å². The molecule has 0 atom stereocenters. The number of rotatable bonds is 2. The van der Waals surface area contributed by atoms with Crippen molar-refractivity contribution in [3.63, 3.8) is 0 Å². The maximum absolute atomic E-state index is 11.8. The van der Waals surface area contributed by atoms with Gasteiger partial charge >= 0.3 is 0 Å². The zero-order chi connectivity index (χ0) is 13.9. The molecule has 2 heterocycles. The zero-order valence-corrected chi connectivity index (χ0v) is 11.2. The molecule has 3 aromatic rings. The second-order valence-electron chi connectivity index (χ2n) is 4.37. The van der Waals surface area contributed by atoms with Gasteiger partial charge in [0.05, 0.1) is 10.6 Å². The van der Waals surface area contributed by atoms with E-state index in [1.807, 2.05) is 48.7 Å². The summed E-state index contributed by atoms with van der Waals surface area (Å²) in [5.74, 6) is 0. The van der Waals surface area contributed by atoms with Crippen LogP contribution < -0.4 is 16.1 Å². The second kappa shape index (κ2) is 5.27. The number of aromatic amines is 3. The van der Waals surface area contributed by atoms with Crippen molar-refractivity contribution in [3.8, 4) is 0 Å². The van der Waals surface area contributed by atoms with E-state index < -0.39 is 0 Å². The van der Waals surface area contributed by atoms with Gasteiger partial charge in [0.1, 0.15) is 0 Å². The monoisotopic (exact) mass is 285 g/mol. The Morgan fingerprint density at radius 3 is 2.50 bits per heavy atom. The van der Waals surface area contributed by atoms with Gasteiger partial charge in [-0.3, -0.25) is 15.0 Å². The predicted molar refractivity (Wildman–Crippen MR) is 80.0 cm³/mol. The average Bonchev–Trinajstić information content (AvgIpc) is 3.06. The summed E-state index contributed by atoms with van der Waals surface area (Å²) < 4.78 is 0. The van der Waals surface area contributed by atoms with Gasteiger partial charge < -0.3 is 4.98 Å². The molecule has 100 valence electrons. The van der Waals surface area contributed by atoms with Crippen LogP contribution in [0, 0.1) is 0 Å². The van der Waals surface area contributed by atoms with Crippen molar-refractivity contribution in [2.45, 2.75) is 0 Å². The van der Waals surface area contributed by atoms with Crippen LogP contribution in [0.1, 0.15) is 11.3 Å². The van der Waals surface area contributed by atoms with Crippen molar-refractivity contribution >= 4 is 23.8 Å². The number of nitrogens with one attached hydrogen (secondary N) is 3. The van der Waals surface area contributed by atoms with Crippen molar-refractivity contribution in [1.82, 2.24) is 15.2 Å². The van der Waals surface area contributed by atoms with Gasteiger partial charge in [-0.25, -0.2) is 0 Å². The molecular weight excluding hydrogens is 274 g/mol. The van der Waals surface area contributed by atoms with Gasteiger partial charge in [-0.15, -0.1) is 0 Å². The topological polar surface area (TPSA) is 64.4 Å². The van der Waals surface area contributed by atoms with Crippen molar-refractivity contribution in [1.29, 1.82) is 0 Å². The van der Waals surface area contributed by atoms with Gasteiger partial charge in [0.15, 0.2) is 0 Å². The SMILES string of the molecule is O=c1[nH][nH]c(=Cc2ccc(Cl)cc2)c1=Cc1ccc[nH]1. The van der Waals surface area contributed by atoms with Gasteiger partial charge in [-0.05, 0) is 42.0 Å². The Bertz CT molecular complexity index is 871. The van der Waals surface area contributed by atoms with E-state index in [1.165, 1.54) is 0 Å². The number of aromatic nitrogens is 3. The normalized spacial score (nSPS) is 13.1. The zero-order valence-electron chi connectivity index (χ0n) is 10.5. The molecule has 0 saturated carbocycles. The highest BCUT2D eigenvalue weighted by molar-refractivity contribution is 6.30. The van der Waals surface area contributed by atoms with Gasteiger partial charge in [0.2, 0.25) is 0 Å². The fourth-order valence-electron chi connectivity index (χ4n) is 1.95. The predicted octanol–water partition coefficient (Wildman–Crippen LogP) is 1.34. The number of hydrogen-bond acceptors (Lipinski definition) is 1. The molecule has 20 heavy (non-hydrogen) atoms. The van der Waals surface area contributed by atoms with Crippen LogP contribution >= 0.6 is 11.6 Å². The molecule has 0 saturated heterocycles. The molecule has 0 fully saturated rings. The molecule has 0 amide bonds. The van der Waals surface area contributed by atoms with Gasteiger partial charge in [0, 0.05) is 16.9 Å². The number of halogens is 1. The summed E-state index contributed by atoms with van der Waals surface area (Å²) in [7, 11) is 0. The Kier molecular flexibility index (Phi) is 3.31. The van der Waals surface area contributed by atoms with Crippen molar-refractivity contribution in [3.05, 3.63) is 79.8 Å². The first-order chi connectivity index (χ1) is 9.72. The van der Waals surface area contributed by atoms with E-state index in [0.717, 1.165) is 16.6 Å². The molecule has 0 radical (unpaired) electrons. The first-order valence-electron chi connectivity index (χ1n) is 6.11. The standard InChI is InChI=1S/C15H12ClN3O/c16-11-5-3-10(4-6-11)8-14-13(15(20)19-18-14)9-12-2-1-7-17-12/h1-9,17-18H,(H,19,20). The third kappa shape index (κ3) is 2.60. The quantitative estimate of drug-likeness (QED) is 0.654. The van der Waals surface area contributed by atoms with Crippen molar-refractivity contribution in [2.24, 2.45) is 0 Å². The van der Waals surface area contributed by atoms with E-state index in [9.17, 15) is 4.79 Å². The lowest BCUT2D eigenvalue weighted by atomic mass is 10.2. The summed E-state index contributed by atoms with van der Waals surface area (Å²) in [6.07, 6.45) is 5.51. The Morgan fingerprint density at radius 2 is 1.80 bits per heavy atom. The van der Waals surface area contributed by atoms with Crippen LogP contribution in [0.25, 0.3) is 12.2 Å². The van der Waals surface area contributed by atoms with E-state index in [2.05, 4.69) is 15.2 Å². The molecule has 4 nitrogen and oxygen atoms in total. The molecule has 0 bridgehead atoms. The summed E-state index contributed by atoms with van der Waals surface area (Å²) in [6, 6.07) is 11.2. The van der Waals surface area contributed by atoms with Crippen molar-refractivity contribution < 1.29 is 0 Å². The summed E-state index contributed by atoms with van der Waals surface area (Å²) >= 11 is 5.86. The first-order valence-corrected chi connectivity index (χ1v) is 6.49. The fraction of sp³-hybridized carbons (Fsp3) is 0. The van der Waals surface area contributed by atoms with E-state index in [-0.39, 0.29) is 5.56 Å². The van der Waals surface area contributed by atoms with Crippen LogP contribution in [0.2, 0.25) is 5.02 Å². The van der Waals surface area contributed by atoms with Crippen LogP contribution in [-0.4, -0.2) is 15.2 Å². The average molecular weight is 286 g/mol. The molecule has 1 aromatic carbocycles. The molecule has 3 rings (SSSR count). The Hall–Kier alpha value is -2.46. The molecule has 0 spiro atoms. The largest absolute Gasteiger partial charge is 0.362 e. The molecule has 0 aliphatic rings. The lowest BCUT2D eigenvalue weighted by Crippen LogP contribution is -2.33. The highest BCUT2D eigenvalue weighted by Gasteiger charge is 1.97. The second-order valence-corrected chi connectivity index (χ2v) is 4.81. The molecule has 0 unspecified atom stereocenters. The van der Waals surface area contributed by atoms with E-state index in [1.54, 1.807) is 6.08 Å². The van der Waals surface area contributed by atoms with Crippen LogP contribution in [0.3, 0.4) is 0 Å². The van der Waals surface area contributed by atoms with Crippen LogP contribution in [0.15, 0.2) is 47.4 Å². The minimum atomic E-state index is -0.153. The number of benzene rings is 1. The highest BCUT2D eigenvalue weighted by atomic mass is 35.5. The van der Waals surface area contributed by atoms with Gasteiger partial charge in [-0.1, -0.05) is 23.7 Å². The van der Waals surface area contributed by atoms with E-state index in [0.29, 0.717) is 10.2 Å². The summed E-state index contributed by atoms with van der Waals surface area (Å²) in [6.45, 7) is 0. The third-order valence-corrected chi connectivity index (χ3v) is 3.20. The van der Waals surface area contributed by atoms with Crippen molar-refractivity contribution in [2.75, 3.05) is 0 Å². The van der Waals surface area contributed by atoms with Crippen LogP contribution in [-0.2, 0) is 0 Å².